The second-order valence-corrected chi connectivity index (χ2v) is 7.24. The molecular weight excluding hydrogens is 430 g/mol. The molecule has 1 amide bonds. The zero-order valence-electron chi connectivity index (χ0n) is 15.8. The number of benzene rings is 2. The molecule has 1 fully saturated rings. The zero-order valence-corrected chi connectivity index (χ0v) is 17.4. The minimum absolute atomic E-state index is 0.125. The summed E-state index contributed by atoms with van der Waals surface area (Å²) in [5, 5.41) is 17.8. The molecule has 1 unspecified atom stereocenters. The van der Waals surface area contributed by atoms with Crippen LogP contribution in [0.4, 0.5) is 0 Å². The van der Waals surface area contributed by atoms with Gasteiger partial charge in [-0.1, -0.05) is 35.5 Å². The van der Waals surface area contributed by atoms with Gasteiger partial charge in [0.05, 0.1) is 17.0 Å². The van der Waals surface area contributed by atoms with Gasteiger partial charge < -0.3 is 20.0 Å². The zero-order chi connectivity index (χ0) is 21.9. The van der Waals surface area contributed by atoms with Crippen LogP contribution in [0.5, 0.6) is 5.75 Å². The molecule has 0 radical (unpaired) electrons. The monoisotopic (exact) mass is 447 g/mol. The molecule has 1 aliphatic rings. The molecule has 30 heavy (non-hydrogen) atoms. The van der Waals surface area contributed by atoms with Gasteiger partial charge in [0.25, 0.3) is 0 Å². The molecule has 0 spiro atoms. The molecule has 3 rings (SSSR count). The highest BCUT2D eigenvalue weighted by Crippen LogP contribution is 2.21. The first kappa shape index (κ1) is 23.3. The number of amides is 1. The number of rotatable bonds is 6. The van der Waals surface area contributed by atoms with E-state index in [0.29, 0.717) is 33.4 Å². The summed E-state index contributed by atoms with van der Waals surface area (Å²) in [7, 11) is 1.00. The Kier molecular flexibility index (Phi) is 9.20. The highest BCUT2D eigenvalue weighted by molar-refractivity contribution is 8.15. The summed E-state index contributed by atoms with van der Waals surface area (Å²) in [5.74, 6) is -0.411. The van der Waals surface area contributed by atoms with Crippen LogP contribution in [0.25, 0.3) is 0 Å². The van der Waals surface area contributed by atoms with Gasteiger partial charge in [-0.2, -0.15) is 5.10 Å². The topological polar surface area (TPSA) is 117 Å². The molecule has 1 heterocycles. The maximum absolute atomic E-state index is 12.2. The molecule has 2 N–H and O–H groups in total. The van der Waals surface area contributed by atoms with Crippen molar-refractivity contribution in [3.8, 4) is 5.75 Å². The lowest BCUT2D eigenvalue weighted by Crippen LogP contribution is -2.24. The molecule has 10 heteroatoms. The lowest BCUT2D eigenvalue weighted by molar-refractivity contribution is -0.120. The van der Waals surface area contributed by atoms with Crippen molar-refractivity contribution in [1.82, 2.24) is 5.32 Å². The molecule has 1 aliphatic heterocycles. The Hall–Kier alpha value is -3.01. The van der Waals surface area contributed by atoms with Crippen molar-refractivity contribution < 1.29 is 24.2 Å². The highest BCUT2D eigenvalue weighted by Gasteiger charge is 2.29. The van der Waals surface area contributed by atoms with E-state index in [1.165, 1.54) is 6.21 Å². The van der Waals surface area contributed by atoms with E-state index in [0.717, 1.165) is 18.9 Å². The Bertz CT molecular complexity index is 963. The fraction of sp³-hybridized carbons (Fsp3) is 0.150. The van der Waals surface area contributed by atoms with E-state index in [1.807, 2.05) is 0 Å². The number of nitrogens with one attached hydrogen (secondary N) is 1. The molecule has 2 aromatic rings. The Labute approximate surface area is 182 Å². The molecule has 156 valence electrons. The molecule has 0 saturated carbocycles. The van der Waals surface area contributed by atoms with Crippen LogP contribution in [0.1, 0.15) is 22.3 Å². The average Bonchev–Trinajstić information content (AvgIpc) is 3.10. The first-order valence-corrected chi connectivity index (χ1v) is 9.85. The predicted molar refractivity (Wildman–Crippen MR) is 116 cm³/mol. The van der Waals surface area contributed by atoms with Crippen LogP contribution >= 0.6 is 23.4 Å². The Morgan fingerprint density at radius 3 is 2.70 bits per heavy atom. The Balaban J connectivity index is 0.00000155. The number of nitrogens with zero attached hydrogens (tertiary/aromatic N) is 2. The van der Waals surface area contributed by atoms with E-state index in [9.17, 15) is 14.4 Å². The lowest BCUT2D eigenvalue weighted by Gasteiger charge is -2.05. The van der Waals surface area contributed by atoms with Crippen molar-refractivity contribution in [2.24, 2.45) is 10.2 Å². The quantitative estimate of drug-likeness (QED) is 0.231. The largest absolute Gasteiger partial charge is 0.423 e. The van der Waals surface area contributed by atoms with Crippen molar-refractivity contribution in [3.05, 3.63) is 64.7 Å². The number of thioether (sulfide) groups is 1. The van der Waals surface area contributed by atoms with Crippen LogP contribution in [-0.4, -0.2) is 47.0 Å². The third-order valence-electron chi connectivity index (χ3n) is 3.59. The van der Waals surface area contributed by atoms with Gasteiger partial charge in [0, 0.05) is 18.6 Å². The summed E-state index contributed by atoms with van der Waals surface area (Å²) in [6.07, 6.45) is 2.28. The Morgan fingerprint density at radius 2 is 2.00 bits per heavy atom. The third kappa shape index (κ3) is 6.80. The van der Waals surface area contributed by atoms with E-state index in [2.05, 4.69) is 15.5 Å². The van der Waals surface area contributed by atoms with Gasteiger partial charge in [-0.05, 0) is 42.0 Å². The predicted octanol–water partition coefficient (Wildman–Crippen LogP) is 2.68. The first-order valence-electron chi connectivity index (χ1n) is 8.60. The summed E-state index contributed by atoms with van der Waals surface area (Å²) in [6.45, 7) is 0. The number of amidine groups is 1. The van der Waals surface area contributed by atoms with Crippen LogP contribution in [0.3, 0.4) is 0 Å². The molecule has 1 atom stereocenters. The molecule has 0 aliphatic carbocycles. The van der Waals surface area contributed by atoms with Crippen molar-refractivity contribution in [2.45, 2.75) is 11.7 Å². The van der Waals surface area contributed by atoms with Crippen molar-refractivity contribution >= 4 is 52.9 Å². The fourth-order valence-electron chi connectivity index (χ4n) is 2.25. The molecule has 8 nitrogen and oxygen atoms in total. The van der Waals surface area contributed by atoms with E-state index in [-0.39, 0.29) is 12.3 Å². The van der Waals surface area contributed by atoms with Crippen LogP contribution in [0.15, 0.2) is 58.7 Å². The Morgan fingerprint density at radius 1 is 1.27 bits per heavy atom. The van der Waals surface area contributed by atoms with Gasteiger partial charge in [-0.3, -0.25) is 4.79 Å². The van der Waals surface area contributed by atoms with Crippen LogP contribution < -0.4 is 10.1 Å². The molecular formula is C20H18ClN3O5S. The average molecular weight is 448 g/mol. The fourth-order valence-corrected chi connectivity index (χ4v) is 3.24. The summed E-state index contributed by atoms with van der Waals surface area (Å²) >= 11 is 6.96. The van der Waals surface area contributed by atoms with Crippen LogP contribution in [-0.2, 0) is 9.59 Å². The van der Waals surface area contributed by atoms with Gasteiger partial charge in [-0.25, -0.2) is 4.79 Å². The van der Waals surface area contributed by atoms with Gasteiger partial charge in [0.1, 0.15) is 12.0 Å². The third-order valence-corrected chi connectivity index (χ3v) is 4.94. The summed E-state index contributed by atoms with van der Waals surface area (Å²) in [5.41, 5.74) is 1.04. The van der Waals surface area contributed by atoms with Gasteiger partial charge in [-0.15, -0.1) is 5.10 Å². The normalized spacial score (nSPS) is 16.7. The number of carbonyl (C=O) groups excluding carboxylic acids is 3. The lowest BCUT2D eigenvalue weighted by atomic mass is 10.2. The first-order chi connectivity index (χ1) is 14.5. The van der Waals surface area contributed by atoms with Crippen molar-refractivity contribution in [1.29, 1.82) is 0 Å². The molecule has 0 aromatic heterocycles. The number of hydrogen-bond donors (Lipinski definition) is 2. The number of esters is 1. The van der Waals surface area contributed by atoms with E-state index >= 15 is 0 Å². The van der Waals surface area contributed by atoms with Crippen LogP contribution in [0.2, 0.25) is 5.02 Å². The highest BCUT2D eigenvalue weighted by atomic mass is 35.5. The number of aliphatic hydroxyl groups is 1. The van der Waals surface area contributed by atoms with Crippen molar-refractivity contribution in [2.75, 3.05) is 7.11 Å². The number of carbonyl (C=O) groups is 3. The second-order valence-electron chi connectivity index (χ2n) is 5.62. The van der Waals surface area contributed by atoms with Gasteiger partial charge in [0.15, 0.2) is 5.17 Å². The maximum atomic E-state index is 12.2. The van der Waals surface area contributed by atoms with Gasteiger partial charge >= 0.3 is 5.97 Å². The number of aliphatic hydroxyl groups excluding tert-OH is 1. The van der Waals surface area contributed by atoms with Gasteiger partial charge in [0.2, 0.25) is 5.91 Å². The van der Waals surface area contributed by atoms with E-state index < -0.39 is 11.2 Å². The SMILES string of the molecule is CO.O=CCC1S/C(=N/N=C/c2cccc(OC(=O)c3ccc(Cl)cc3)c2)NC1=O. The number of halogens is 1. The number of ether oxygens (including phenoxy) is 1. The van der Waals surface area contributed by atoms with E-state index in [1.54, 1.807) is 48.5 Å². The summed E-state index contributed by atoms with van der Waals surface area (Å²) in [6, 6.07) is 13.1. The van der Waals surface area contributed by atoms with E-state index in [4.69, 9.17) is 21.4 Å². The molecule has 2 aromatic carbocycles. The van der Waals surface area contributed by atoms with Crippen LogP contribution in [0, 0.1) is 0 Å². The minimum Gasteiger partial charge on any atom is -0.423 e. The molecule has 0 bridgehead atoms. The standard InChI is InChI=1S/C19H14ClN3O4S.CH4O/c20-14-6-4-13(5-7-14)18(26)27-15-3-1-2-12(10-15)11-21-23-19-22-17(25)16(28-19)8-9-24;1-2/h1-7,9-11,16H,8H2,(H,22,23,25);2H,1H3/b21-11+;. The number of hydrogen-bond acceptors (Lipinski definition) is 8. The minimum atomic E-state index is -0.503. The smallest absolute Gasteiger partial charge is 0.343 e. The second kappa shape index (κ2) is 11.9. The van der Waals surface area contributed by atoms with Crippen molar-refractivity contribution in [3.63, 3.8) is 0 Å². The summed E-state index contributed by atoms with van der Waals surface area (Å²) in [4.78, 5) is 34.3. The number of aldehydes is 1. The summed E-state index contributed by atoms with van der Waals surface area (Å²) < 4.78 is 5.34. The molecule has 1 saturated heterocycles. The maximum Gasteiger partial charge on any atom is 0.343 e.